The molecule has 0 radical (unpaired) electrons. The number of nitrogens with zero attached hydrogens (tertiary/aromatic N) is 3. The van der Waals surface area contributed by atoms with Crippen molar-refractivity contribution in [2.24, 2.45) is 17.6 Å². The molecule has 2 aliphatic carbocycles. The zero-order valence-electron chi connectivity index (χ0n) is 16.7. The van der Waals surface area contributed by atoms with E-state index in [4.69, 9.17) is 5.73 Å². The van der Waals surface area contributed by atoms with Gasteiger partial charge in [0.1, 0.15) is 11.9 Å². The molecule has 0 saturated heterocycles. The predicted octanol–water partition coefficient (Wildman–Crippen LogP) is 3.11. The molecule has 5 rings (SSSR count). The Balaban J connectivity index is 1.55. The van der Waals surface area contributed by atoms with Gasteiger partial charge in [-0.05, 0) is 55.7 Å². The number of hydrogen-bond donors (Lipinski definition) is 2. The minimum atomic E-state index is -3.88. The van der Waals surface area contributed by atoms with Crippen LogP contribution in [0.15, 0.2) is 53.7 Å². The van der Waals surface area contributed by atoms with Crippen LogP contribution in [-0.4, -0.2) is 34.4 Å². The number of benzene rings is 1. The number of pyridine rings is 1. The summed E-state index contributed by atoms with van der Waals surface area (Å²) in [7, 11) is -3.88. The fourth-order valence-corrected chi connectivity index (χ4v) is 6.55. The van der Waals surface area contributed by atoms with Gasteiger partial charge in [0, 0.05) is 18.3 Å². The number of hydrogen-bond acceptors (Lipinski definition) is 7. The zero-order valence-corrected chi connectivity index (χ0v) is 17.5. The first-order chi connectivity index (χ1) is 14.8. The third kappa shape index (κ3) is 3.35. The average molecular weight is 442 g/mol. The Bertz CT molecular complexity index is 1240. The summed E-state index contributed by atoms with van der Waals surface area (Å²) in [5, 5.41) is 15.5. The normalized spacial score (nSPS) is 25.6. The molecule has 2 unspecified atom stereocenters. The van der Waals surface area contributed by atoms with Crippen molar-refractivity contribution in [3.8, 4) is 0 Å². The molecule has 2 heterocycles. The van der Waals surface area contributed by atoms with Crippen LogP contribution in [0, 0.1) is 22.0 Å². The summed E-state index contributed by atoms with van der Waals surface area (Å²) in [6.07, 6.45) is 6.32. The van der Waals surface area contributed by atoms with E-state index in [0.29, 0.717) is 22.9 Å². The van der Waals surface area contributed by atoms with E-state index in [1.807, 2.05) is 0 Å². The number of nitrogens with two attached hydrogens (primary N) is 1. The van der Waals surface area contributed by atoms with Gasteiger partial charge in [-0.1, -0.05) is 18.2 Å². The molecule has 2 saturated carbocycles. The molecule has 0 amide bonds. The summed E-state index contributed by atoms with van der Waals surface area (Å²) in [5.41, 5.74) is 6.41. The third-order valence-electron chi connectivity index (χ3n) is 6.56. The van der Waals surface area contributed by atoms with Gasteiger partial charge in [0.2, 0.25) is 0 Å². The summed E-state index contributed by atoms with van der Waals surface area (Å²) in [6.45, 7) is 0. The largest absolute Gasteiger partial charge is 0.376 e. The van der Waals surface area contributed by atoms with Crippen LogP contribution >= 0.6 is 0 Å². The van der Waals surface area contributed by atoms with Gasteiger partial charge in [-0.25, -0.2) is 17.4 Å². The second kappa shape index (κ2) is 7.31. The zero-order chi connectivity index (χ0) is 21.8. The van der Waals surface area contributed by atoms with Crippen molar-refractivity contribution in [2.75, 3.05) is 5.32 Å². The monoisotopic (exact) mass is 441 g/mol. The van der Waals surface area contributed by atoms with Gasteiger partial charge in [0.15, 0.2) is 5.65 Å². The Morgan fingerprint density at radius 3 is 2.42 bits per heavy atom. The summed E-state index contributed by atoms with van der Waals surface area (Å²) in [5.74, 6) is 1.07. The lowest BCUT2D eigenvalue weighted by Crippen LogP contribution is -2.21. The SMILES string of the molecule is NC1C[C@@H]2CC(Nc3c([N+](=O)[O-])cnc4c3ccn4S(=O)(=O)c3ccccc3)C[C@@H]2C1. The first-order valence-electron chi connectivity index (χ1n) is 10.3. The molecule has 0 bridgehead atoms. The number of nitro groups is 1. The Morgan fingerprint density at radius 2 is 1.77 bits per heavy atom. The maximum atomic E-state index is 13.1. The fraction of sp³-hybridized carbons (Fsp3) is 0.381. The van der Waals surface area contributed by atoms with E-state index in [-0.39, 0.29) is 28.3 Å². The molecule has 31 heavy (non-hydrogen) atoms. The second-order valence-corrected chi connectivity index (χ2v) is 10.3. The van der Waals surface area contributed by atoms with Crippen LogP contribution in [0.3, 0.4) is 0 Å². The molecule has 10 heteroatoms. The fourth-order valence-electron chi connectivity index (χ4n) is 5.23. The topological polar surface area (TPSA) is 133 Å². The van der Waals surface area contributed by atoms with Gasteiger partial charge < -0.3 is 11.1 Å². The van der Waals surface area contributed by atoms with Gasteiger partial charge >= 0.3 is 5.69 Å². The molecule has 9 nitrogen and oxygen atoms in total. The summed E-state index contributed by atoms with van der Waals surface area (Å²) < 4.78 is 27.3. The molecule has 1 aromatic carbocycles. The van der Waals surface area contributed by atoms with E-state index in [1.165, 1.54) is 18.3 Å². The molecule has 3 N–H and O–H groups in total. The molecule has 0 spiro atoms. The Labute approximate surface area is 179 Å². The number of rotatable bonds is 5. The average Bonchev–Trinajstić information content (AvgIpc) is 3.41. The van der Waals surface area contributed by atoms with Crippen LogP contribution in [0.25, 0.3) is 11.0 Å². The molecular formula is C21H23N5O4S. The first-order valence-corrected chi connectivity index (χ1v) is 11.8. The molecule has 0 aliphatic heterocycles. The molecule has 162 valence electrons. The maximum absolute atomic E-state index is 13.1. The van der Waals surface area contributed by atoms with E-state index in [9.17, 15) is 18.5 Å². The minimum absolute atomic E-state index is 0.0841. The van der Waals surface area contributed by atoms with E-state index >= 15 is 0 Å². The van der Waals surface area contributed by atoms with Crippen molar-refractivity contribution >= 4 is 32.4 Å². The van der Waals surface area contributed by atoms with Crippen LogP contribution in [0.2, 0.25) is 0 Å². The molecular weight excluding hydrogens is 418 g/mol. The van der Waals surface area contributed by atoms with Crippen molar-refractivity contribution in [1.82, 2.24) is 8.96 Å². The highest BCUT2D eigenvalue weighted by atomic mass is 32.2. The highest BCUT2D eigenvalue weighted by Crippen LogP contribution is 2.45. The summed E-state index contributed by atoms with van der Waals surface area (Å²) in [4.78, 5) is 15.5. The molecule has 3 aromatic rings. The number of aromatic nitrogens is 2. The van der Waals surface area contributed by atoms with E-state index in [2.05, 4.69) is 10.3 Å². The molecule has 2 aliphatic rings. The first kappa shape index (κ1) is 20.0. The van der Waals surface area contributed by atoms with Crippen LogP contribution < -0.4 is 11.1 Å². The van der Waals surface area contributed by atoms with Gasteiger partial charge in [0.25, 0.3) is 10.0 Å². The Kier molecular flexibility index (Phi) is 4.71. The van der Waals surface area contributed by atoms with Crippen molar-refractivity contribution in [1.29, 1.82) is 0 Å². The quantitative estimate of drug-likeness (QED) is 0.459. The standard InChI is InChI=1S/C21H23N5O4S/c22-15-8-13-10-16(11-14(13)9-15)24-20-18-6-7-25(21(18)23-12-19(20)26(27)28)31(29,30)17-4-2-1-3-5-17/h1-7,12-16H,8-11,22H2,(H,23,24)/t13-,14+,15?,16?. The van der Waals surface area contributed by atoms with Crippen LogP contribution in [-0.2, 0) is 10.0 Å². The van der Waals surface area contributed by atoms with Crippen LogP contribution in [0.4, 0.5) is 11.4 Å². The number of nitrogens with one attached hydrogen (secondary N) is 1. The van der Waals surface area contributed by atoms with Gasteiger partial charge in [-0.2, -0.15) is 0 Å². The van der Waals surface area contributed by atoms with E-state index in [0.717, 1.165) is 35.9 Å². The van der Waals surface area contributed by atoms with Gasteiger partial charge in [-0.3, -0.25) is 10.1 Å². The van der Waals surface area contributed by atoms with Crippen LogP contribution in [0.1, 0.15) is 25.7 Å². The number of fused-ring (bicyclic) bond motifs is 2. The van der Waals surface area contributed by atoms with Gasteiger partial charge in [-0.15, -0.1) is 0 Å². The van der Waals surface area contributed by atoms with Crippen molar-refractivity contribution in [3.63, 3.8) is 0 Å². The minimum Gasteiger partial charge on any atom is -0.376 e. The smallest absolute Gasteiger partial charge is 0.311 e. The lowest BCUT2D eigenvalue weighted by Gasteiger charge is -2.17. The lowest BCUT2D eigenvalue weighted by atomic mass is 10.0. The lowest BCUT2D eigenvalue weighted by molar-refractivity contribution is -0.384. The Hall–Kier alpha value is -2.98. The highest BCUT2D eigenvalue weighted by Gasteiger charge is 2.41. The molecule has 2 aromatic heterocycles. The van der Waals surface area contributed by atoms with E-state index < -0.39 is 14.9 Å². The van der Waals surface area contributed by atoms with Crippen molar-refractivity contribution in [2.45, 2.75) is 42.7 Å². The van der Waals surface area contributed by atoms with Crippen molar-refractivity contribution in [3.05, 3.63) is 58.9 Å². The van der Waals surface area contributed by atoms with E-state index in [1.54, 1.807) is 24.3 Å². The summed E-state index contributed by atoms with van der Waals surface area (Å²) >= 11 is 0. The molecule has 2 fully saturated rings. The second-order valence-electron chi connectivity index (χ2n) is 8.51. The van der Waals surface area contributed by atoms with Gasteiger partial charge in [0.05, 0.1) is 15.2 Å². The third-order valence-corrected chi connectivity index (χ3v) is 8.24. The maximum Gasteiger partial charge on any atom is 0.311 e. The van der Waals surface area contributed by atoms with Crippen molar-refractivity contribution < 1.29 is 13.3 Å². The highest BCUT2D eigenvalue weighted by molar-refractivity contribution is 7.90. The number of anilines is 1. The van der Waals surface area contributed by atoms with Crippen LogP contribution in [0.5, 0.6) is 0 Å². The summed E-state index contributed by atoms with van der Waals surface area (Å²) in [6, 6.07) is 9.95. The Morgan fingerprint density at radius 1 is 1.10 bits per heavy atom. The molecule has 4 atom stereocenters. The predicted molar refractivity (Wildman–Crippen MR) is 116 cm³/mol.